The van der Waals surface area contributed by atoms with E-state index in [1.807, 2.05) is 36.0 Å². The van der Waals surface area contributed by atoms with Crippen molar-refractivity contribution in [1.82, 2.24) is 14.8 Å². The highest BCUT2D eigenvalue weighted by atomic mass is 19.4. The summed E-state index contributed by atoms with van der Waals surface area (Å²) < 4.78 is 75.3. The van der Waals surface area contributed by atoms with Crippen LogP contribution in [0, 0.1) is 5.92 Å². The van der Waals surface area contributed by atoms with Crippen LogP contribution < -0.4 is 4.74 Å². The van der Waals surface area contributed by atoms with Gasteiger partial charge in [-0.3, -0.25) is 9.78 Å². The number of aliphatic carboxylic acids is 2. The summed E-state index contributed by atoms with van der Waals surface area (Å²) >= 11 is 0. The minimum Gasteiger partial charge on any atom is -0.492 e. The third-order valence-electron chi connectivity index (χ3n) is 5.21. The molecule has 0 bridgehead atoms. The predicted octanol–water partition coefficient (Wildman–Crippen LogP) is 2.30. The Hall–Kier alpha value is -3.14. The van der Waals surface area contributed by atoms with Gasteiger partial charge in [-0.05, 0) is 32.6 Å². The van der Waals surface area contributed by atoms with Crippen molar-refractivity contribution in [3.05, 3.63) is 24.5 Å². The summed E-state index contributed by atoms with van der Waals surface area (Å²) in [6.45, 7) is 3.55. The fourth-order valence-corrected chi connectivity index (χ4v) is 3.25. The molecule has 3 heterocycles. The molecule has 0 aliphatic carbocycles. The van der Waals surface area contributed by atoms with Gasteiger partial charge in [-0.25, -0.2) is 9.59 Å². The number of halogens is 6. The van der Waals surface area contributed by atoms with E-state index >= 15 is 0 Å². The van der Waals surface area contributed by atoms with Gasteiger partial charge in [0, 0.05) is 31.7 Å². The number of amides is 1. The zero-order valence-corrected chi connectivity index (χ0v) is 19.9. The second-order valence-corrected chi connectivity index (χ2v) is 8.31. The quantitative estimate of drug-likeness (QED) is 0.516. The Morgan fingerprint density at radius 3 is 2.11 bits per heavy atom. The van der Waals surface area contributed by atoms with Gasteiger partial charge in [0.1, 0.15) is 11.4 Å². The molecule has 0 saturated carbocycles. The highest BCUT2D eigenvalue weighted by Gasteiger charge is 2.54. The molecule has 1 amide bonds. The maximum Gasteiger partial charge on any atom is 0.490 e. The molecule has 2 fully saturated rings. The Bertz CT molecular complexity index is 867. The van der Waals surface area contributed by atoms with Crippen molar-refractivity contribution < 1.29 is 60.4 Å². The topological polar surface area (TPSA) is 130 Å². The molecular weight excluding hydrogens is 520 g/mol. The first-order valence-electron chi connectivity index (χ1n) is 10.7. The lowest BCUT2D eigenvalue weighted by Crippen LogP contribution is -2.66. The van der Waals surface area contributed by atoms with Crippen molar-refractivity contribution >= 4 is 17.8 Å². The fourth-order valence-electron chi connectivity index (χ4n) is 3.25. The number of pyridine rings is 1. The van der Waals surface area contributed by atoms with Crippen LogP contribution in [0.4, 0.5) is 26.3 Å². The van der Waals surface area contributed by atoms with E-state index in [9.17, 15) is 31.1 Å². The van der Waals surface area contributed by atoms with E-state index in [1.54, 1.807) is 12.4 Å². The van der Waals surface area contributed by atoms with E-state index in [1.165, 1.54) is 0 Å². The summed E-state index contributed by atoms with van der Waals surface area (Å²) in [5, 5.41) is 14.2. The van der Waals surface area contributed by atoms with Crippen molar-refractivity contribution in [2.45, 2.75) is 30.8 Å². The van der Waals surface area contributed by atoms with Gasteiger partial charge in [-0.15, -0.1) is 0 Å². The second-order valence-electron chi connectivity index (χ2n) is 8.31. The molecule has 3 rings (SSSR count). The number of carboxylic acids is 2. The molecule has 1 aromatic heterocycles. The average Bonchev–Trinajstić information content (AvgIpc) is 3.19. The third kappa shape index (κ3) is 10.8. The second kappa shape index (κ2) is 13.4. The Balaban J connectivity index is 0.000000404. The molecule has 1 unspecified atom stereocenters. The van der Waals surface area contributed by atoms with E-state index in [-0.39, 0.29) is 11.5 Å². The van der Waals surface area contributed by atoms with E-state index in [0.717, 1.165) is 25.3 Å². The molecule has 2 aliphatic rings. The van der Waals surface area contributed by atoms with Crippen LogP contribution >= 0.6 is 0 Å². The molecule has 1 atom stereocenters. The van der Waals surface area contributed by atoms with Gasteiger partial charge in [0.05, 0.1) is 25.9 Å². The highest BCUT2D eigenvalue weighted by molar-refractivity contribution is 5.77. The lowest BCUT2D eigenvalue weighted by Gasteiger charge is -2.50. The molecule has 37 heavy (non-hydrogen) atoms. The number of hydrogen-bond donors (Lipinski definition) is 2. The zero-order valence-electron chi connectivity index (χ0n) is 19.9. The molecule has 0 aromatic carbocycles. The number of carbonyl (C=O) groups excluding carboxylic acids is 1. The van der Waals surface area contributed by atoms with Crippen molar-refractivity contribution in [3.8, 4) is 5.75 Å². The third-order valence-corrected chi connectivity index (χ3v) is 5.21. The monoisotopic (exact) mass is 547 g/mol. The average molecular weight is 547 g/mol. The summed E-state index contributed by atoms with van der Waals surface area (Å²) in [5.41, 5.74) is -0.198. The van der Waals surface area contributed by atoms with Crippen LogP contribution in [0.2, 0.25) is 0 Å². The number of aromatic nitrogens is 1. The molecule has 1 spiro atoms. The summed E-state index contributed by atoms with van der Waals surface area (Å²) in [4.78, 5) is 37.9. The van der Waals surface area contributed by atoms with E-state index in [0.29, 0.717) is 32.0 Å². The van der Waals surface area contributed by atoms with Gasteiger partial charge in [-0.1, -0.05) is 0 Å². The molecule has 1 aromatic rings. The van der Waals surface area contributed by atoms with Gasteiger partial charge < -0.3 is 29.5 Å². The van der Waals surface area contributed by atoms with E-state index in [4.69, 9.17) is 29.3 Å². The number of hydrogen-bond acceptors (Lipinski definition) is 7. The Labute approximate surface area is 207 Å². The lowest BCUT2D eigenvalue weighted by molar-refractivity contribution is -0.193. The number of nitrogens with zero attached hydrogens (tertiary/aromatic N) is 3. The summed E-state index contributed by atoms with van der Waals surface area (Å²) in [5.74, 6) is -4.18. The van der Waals surface area contributed by atoms with Gasteiger partial charge in [0.2, 0.25) is 5.91 Å². The standard InChI is InChI=1S/C17H25N3O3.2C2HF3O2/c1-19(2)8-5-16(21)20-12-17(13-20)14(6-9-23-17)11-22-15-4-3-7-18-10-15;2*3-2(4,5)1(6)7/h3-4,7,10,14H,5-6,8-9,11-13H2,1-2H3;2*(H,6,7). The van der Waals surface area contributed by atoms with E-state index in [2.05, 4.69) is 4.98 Å². The first-order chi connectivity index (χ1) is 17.0. The summed E-state index contributed by atoms with van der Waals surface area (Å²) in [6.07, 6.45) is -5.16. The zero-order chi connectivity index (χ0) is 28.4. The van der Waals surface area contributed by atoms with Crippen LogP contribution in [-0.2, 0) is 19.1 Å². The number of likely N-dealkylation sites (tertiary alicyclic amines) is 1. The van der Waals surface area contributed by atoms with Gasteiger partial charge in [-0.2, -0.15) is 26.3 Å². The SMILES string of the molecule is CN(C)CCC(=O)N1CC2(C1)OCCC2COc1cccnc1.O=C(O)C(F)(F)F.O=C(O)C(F)(F)F. The van der Waals surface area contributed by atoms with Crippen LogP contribution in [0.1, 0.15) is 12.8 Å². The Morgan fingerprint density at radius 1 is 1.14 bits per heavy atom. The van der Waals surface area contributed by atoms with Crippen molar-refractivity contribution in [1.29, 1.82) is 0 Å². The molecule has 2 aliphatic heterocycles. The fraction of sp³-hybridized carbons (Fsp3) is 0.619. The lowest BCUT2D eigenvalue weighted by atomic mass is 9.81. The van der Waals surface area contributed by atoms with Crippen LogP contribution in [0.15, 0.2) is 24.5 Å². The van der Waals surface area contributed by atoms with Crippen LogP contribution in [-0.4, -0.2) is 108 Å². The van der Waals surface area contributed by atoms with Gasteiger partial charge >= 0.3 is 24.3 Å². The minimum atomic E-state index is -5.08. The molecular formula is C21H27F6N3O7. The van der Waals surface area contributed by atoms with Crippen molar-refractivity contribution in [2.75, 3.05) is 46.9 Å². The predicted molar refractivity (Wildman–Crippen MR) is 114 cm³/mol. The molecule has 210 valence electrons. The van der Waals surface area contributed by atoms with Crippen LogP contribution in [0.3, 0.4) is 0 Å². The van der Waals surface area contributed by atoms with Crippen LogP contribution in [0.25, 0.3) is 0 Å². The molecule has 2 N–H and O–H groups in total. The molecule has 2 saturated heterocycles. The van der Waals surface area contributed by atoms with Gasteiger partial charge in [0.25, 0.3) is 0 Å². The van der Waals surface area contributed by atoms with Gasteiger partial charge in [0.15, 0.2) is 0 Å². The Kier molecular flexibility index (Phi) is 11.6. The smallest absolute Gasteiger partial charge is 0.490 e. The van der Waals surface area contributed by atoms with Crippen molar-refractivity contribution in [2.24, 2.45) is 5.92 Å². The summed E-state index contributed by atoms with van der Waals surface area (Å²) in [6, 6.07) is 3.78. The number of rotatable bonds is 6. The maximum atomic E-state index is 12.2. The number of carbonyl (C=O) groups is 3. The number of alkyl halides is 6. The normalized spacial score (nSPS) is 18.2. The largest absolute Gasteiger partial charge is 0.492 e. The van der Waals surface area contributed by atoms with E-state index < -0.39 is 24.3 Å². The molecule has 16 heteroatoms. The highest BCUT2D eigenvalue weighted by Crippen LogP contribution is 2.40. The first-order valence-corrected chi connectivity index (χ1v) is 10.7. The van der Waals surface area contributed by atoms with Crippen molar-refractivity contribution in [3.63, 3.8) is 0 Å². The number of ether oxygens (including phenoxy) is 2. The first kappa shape index (κ1) is 31.9. The minimum absolute atomic E-state index is 0.198. The van der Waals surface area contributed by atoms with Crippen LogP contribution in [0.5, 0.6) is 5.75 Å². The molecule has 0 radical (unpaired) electrons. The molecule has 10 nitrogen and oxygen atoms in total. The maximum absolute atomic E-state index is 12.2. The Morgan fingerprint density at radius 2 is 1.68 bits per heavy atom. The number of carboxylic acid groups (broad SMARTS) is 2. The summed E-state index contributed by atoms with van der Waals surface area (Å²) in [7, 11) is 3.97.